The minimum Gasteiger partial charge on any atom is -0.491 e. The summed E-state index contributed by atoms with van der Waals surface area (Å²) in [5.41, 5.74) is 6.72. The van der Waals surface area contributed by atoms with E-state index in [-0.39, 0.29) is 69.9 Å². The van der Waals surface area contributed by atoms with E-state index in [0.29, 0.717) is 47.8 Å². The van der Waals surface area contributed by atoms with Crippen molar-refractivity contribution in [3.05, 3.63) is 155 Å². The number of benzene rings is 5. The minimum atomic E-state index is -2.12. The van der Waals surface area contributed by atoms with Gasteiger partial charge in [0.2, 0.25) is 18.6 Å². The number of hydrogen-bond donors (Lipinski definition) is 3. The van der Waals surface area contributed by atoms with Crippen LogP contribution in [0.3, 0.4) is 0 Å². The van der Waals surface area contributed by atoms with Crippen LogP contribution in [0, 0.1) is 17.8 Å². The molecule has 5 amide bonds. The Morgan fingerprint density at radius 3 is 2.29 bits per heavy atom. The Bertz CT molecular complexity index is 2960. The van der Waals surface area contributed by atoms with Gasteiger partial charge in [0.25, 0.3) is 0 Å². The Morgan fingerprint density at radius 1 is 0.822 bits per heavy atom. The molecule has 18 nitrogen and oxygen atoms in total. The first kappa shape index (κ1) is 48.7. The molecular weight excluding hydrogens is 937 g/mol. The molecule has 0 bridgehead atoms. The summed E-state index contributed by atoms with van der Waals surface area (Å²) in [4.78, 5) is 81.7. The molecule has 5 aliphatic rings. The van der Waals surface area contributed by atoms with E-state index in [4.69, 9.17) is 34.2 Å². The second-order valence-corrected chi connectivity index (χ2v) is 18.2. The molecule has 1 spiro atoms. The van der Waals surface area contributed by atoms with E-state index < -0.39 is 65.5 Å². The molecule has 6 atom stereocenters. The predicted octanol–water partition coefficient (Wildman–Crippen LogP) is 4.60. The fourth-order valence-electron chi connectivity index (χ4n) is 11.1. The third-order valence-electron chi connectivity index (χ3n) is 14.1. The van der Waals surface area contributed by atoms with Crippen molar-refractivity contribution >= 4 is 35.6 Å². The number of ether oxygens (including phenoxy) is 6. The summed E-state index contributed by atoms with van der Waals surface area (Å²) in [5.74, 6) is 3.94. The number of piperazine rings is 1. The first-order chi connectivity index (χ1) is 35.6. The molecular formula is C55H54N6O12. The number of hydrogen-bond acceptors (Lipinski definition) is 14. The molecule has 10 rings (SSSR count). The van der Waals surface area contributed by atoms with Gasteiger partial charge in [-0.1, -0.05) is 96.8 Å². The number of fused-ring (bicyclic) bond motifs is 4. The van der Waals surface area contributed by atoms with Crippen LogP contribution in [0.2, 0.25) is 0 Å². The van der Waals surface area contributed by atoms with Gasteiger partial charge < -0.3 is 49.5 Å². The van der Waals surface area contributed by atoms with E-state index in [1.165, 1.54) is 7.11 Å². The average Bonchev–Trinajstić information content (AvgIpc) is 4.10. The zero-order chi connectivity index (χ0) is 50.6. The number of anilines is 1. The number of nitrogens with zero attached hydrogens (tertiary/aromatic N) is 4. The fraction of sp³-hybridized carbons (Fsp3) is 0.327. The first-order valence-corrected chi connectivity index (χ1v) is 24.1. The topological polar surface area (TPSA) is 212 Å². The van der Waals surface area contributed by atoms with Crippen LogP contribution in [-0.2, 0) is 40.6 Å². The van der Waals surface area contributed by atoms with Crippen LogP contribution in [0.1, 0.15) is 51.6 Å². The molecule has 73 heavy (non-hydrogen) atoms. The van der Waals surface area contributed by atoms with Gasteiger partial charge in [-0.05, 0) is 58.7 Å². The van der Waals surface area contributed by atoms with Crippen LogP contribution in [0.5, 0.6) is 17.2 Å². The Balaban J connectivity index is 1.19. The molecule has 6 unspecified atom stereocenters. The lowest BCUT2D eigenvalue weighted by molar-refractivity contribution is -0.179. The van der Waals surface area contributed by atoms with Gasteiger partial charge in [0.05, 0.1) is 43.4 Å². The van der Waals surface area contributed by atoms with Crippen molar-refractivity contribution in [3.8, 4) is 29.1 Å². The lowest BCUT2D eigenvalue weighted by Crippen LogP contribution is -2.59. The molecule has 0 aromatic heterocycles. The van der Waals surface area contributed by atoms with Gasteiger partial charge in [-0.15, -0.1) is 0 Å². The van der Waals surface area contributed by atoms with E-state index in [2.05, 4.69) is 22.1 Å². The fourth-order valence-corrected chi connectivity index (χ4v) is 11.1. The summed E-state index contributed by atoms with van der Waals surface area (Å²) in [5, 5.41) is 12.6. The molecule has 376 valence electrons. The number of para-hydroxylation sites is 1. The molecule has 18 heteroatoms. The molecule has 5 heterocycles. The van der Waals surface area contributed by atoms with Crippen LogP contribution in [-0.4, -0.2) is 129 Å². The number of nitrogens with two attached hydrogens (primary N) is 1. The third-order valence-corrected chi connectivity index (χ3v) is 14.1. The second-order valence-electron chi connectivity index (χ2n) is 18.2. The van der Waals surface area contributed by atoms with Crippen LogP contribution in [0.4, 0.5) is 15.3 Å². The van der Waals surface area contributed by atoms with Crippen LogP contribution >= 0.6 is 0 Å². The highest BCUT2D eigenvalue weighted by atomic mass is 16.7. The Morgan fingerprint density at radius 2 is 1.55 bits per heavy atom. The summed E-state index contributed by atoms with van der Waals surface area (Å²) in [6, 6.07) is 32.1. The van der Waals surface area contributed by atoms with Crippen molar-refractivity contribution in [1.82, 2.24) is 20.0 Å². The number of methoxy groups -OCH3 is 1. The molecule has 0 radical (unpaired) electrons. The molecule has 3 fully saturated rings. The normalized spacial score (nSPS) is 23.0. The van der Waals surface area contributed by atoms with Gasteiger partial charge in [0, 0.05) is 51.0 Å². The Labute approximate surface area is 421 Å². The molecule has 3 saturated heterocycles. The number of nitrogens with one attached hydrogen (secondary N) is 1. The van der Waals surface area contributed by atoms with Gasteiger partial charge in [-0.2, -0.15) is 0 Å². The molecule has 0 saturated carbocycles. The standard InChI is InChI=1S/C55H54N6O12/c1-68-29-30-70-54(67)60-41-20-18-35(11-10-22-57-53(56)66)31-40(41)55(52(60)65)45(50(63)59-25-23-58(24-26-59)33-36-19-21-43-44(32-36)72-34-71-43)47-51(64)73-48(38-14-6-3-7-15-38)46(37-12-4-2-5-13-37)61(47)49(55)39-16-8-9-17-42(39)69-28-27-62/h2-9,12-21,31-32,45-49,62H,22-30,33-34H2,1H3,(H3,56,57,66). The Kier molecular flexibility index (Phi) is 14.0. The number of cyclic esters (lactones) is 1. The number of morpholine rings is 1. The summed E-state index contributed by atoms with van der Waals surface area (Å²) in [7, 11) is 1.45. The van der Waals surface area contributed by atoms with Gasteiger partial charge in [-0.3, -0.25) is 24.2 Å². The van der Waals surface area contributed by atoms with E-state index in [1.807, 2.05) is 83.8 Å². The maximum atomic E-state index is 16.6. The lowest BCUT2D eigenvalue weighted by Gasteiger charge is -2.46. The lowest BCUT2D eigenvalue weighted by atomic mass is 9.64. The maximum Gasteiger partial charge on any atom is 0.421 e. The quantitative estimate of drug-likeness (QED) is 0.0837. The van der Waals surface area contributed by atoms with Gasteiger partial charge in [0.15, 0.2) is 11.5 Å². The molecule has 5 aromatic carbocycles. The molecule has 5 aromatic rings. The van der Waals surface area contributed by atoms with Crippen LogP contribution < -0.4 is 30.2 Å². The molecule has 4 N–H and O–H groups in total. The van der Waals surface area contributed by atoms with E-state index in [9.17, 15) is 14.7 Å². The number of aliphatic hydroxyl groups is 1. The number of carbonyl (C=O) groups excluding carboxylic acids is 5. The SMILES string of the molecule is COCCOC(=O)N1C(=O)C2(c3cc(C#CCNC(N)=O)ccc31)C(C(=O)N1CCN(Cc3ccc4c(c3)OCO4)CC1)C1C(=O)OC(c3ccccc3)C(c3ccccc3)N1C2c1ccccc1OCCO. The van der Waals surface area contributed by atoms with Crippen molar-refractivity contribution in [2.45, 2.75) is 36.2 Å². The van der Waals surface area contributed by atoms with Gasteiger partial charge in [0.1, 0.15) is 36.5 Å². The highest BCUT2D eigenvalue weighted by Gasteiger charge is 2.76. The summed E-state index contributed by atoms with van der Waals surface area (Å²) < 4.78 is 35.1. The number of carbonyl (C=O) groups is 5. The summed E-state index contributed by atoms with van der Waals surface area (Å²) in [6.45, 7) is 1.33. The number of urea groups is 1. The van der Waals surface area contributed by atoms with Gasteiger partial charge >= 0.3 is 18.1 Å². The summed E-state index contributed by atoms with van der Waals surface area (Å²) >= 11 is 0. The monoisotopic (exact) mass is 990 g/mol. The molecule has 0 aliphatic carbocycles. The van der Waals surface area contributed by atoms with Crippen molar-refractivity contribution in [2.75, 3.05) is 78.0 Å². The van der Waals surface area contributed by atoms with Crippen molar-refractivity contribution in [3.63, 3.8) is 0 Å². The zero-order valence-corrected chi connectivity index (χ0v) is 40.0. The van der Waals surface area contributed by atoms with Crippen molar-refractivity contribution in [2.24, 2.45) is 11.7 Å². The highest BCUT2D eigenvalue weighted by molar-refractivity contribution is 6.23. The number of primary amides is 1. The predicted molar refractivity (Wildman–Crippen MR) is 263 cm³/mol. The number of aliphatic hydroxyl groups excluding tert-OH is 1. The van der Waals surface area contributed by atoms with Crippen molar-refractivity contribution < 1.29 is 57.5 Å². The second kappa shape index (κ2) is 21.0. The largest absolute Gasteiger partial charge is 0.491 e. The number of imide groups is 1. The smallest absolute Gasteiger partial charge is 0.421 e. The van der Waals surface area contributed by atoms with Gasteiger partial charge in [-0.25, -0.2) is 14.5 Å². The first-order valence-electron chi connectivity index (χ1n) is 24.1. The number of rotatable bonds is 13. The molecule has 5 aliphatic heterocycles. The number of amides is 5. The van der Waals surface area contributed by atoms with E-state index >= 15 is 14.4 Å². The van der Waals surface area contributed by atoms with Crippen molar-refractivity contribution in [1.29, 1.82) is 0 Å². The third kappa shape index (κ3) is 9.05. The maximum absolute atomic E-state index is 16.6. The van der Waals surface area contributed by atoms with Crippen LogP contribution in [0.25, 0.3) is 0 Å². The zero-order valence-electron chi connectivity index (χ0n) is 40.0. The van der Waals surface area contributed by atoms with E-state index in [1.54, 1.807) is 47.4 Å². The number of esters is 1. The Hall–Kier alpha value is -7.95. The minimum absolute atomic E-state index is 0.0287. The van der Waals surface area contributed by atoms with Crippen LogP contribution in [0.15, 0.2) is 121 Å². The average molecular weight is 991 g/mol. The summed E-state index contributed by atoms with van der Waals surface area (Å²) in [6.07, 6.45) is -1.99. The van der Waals surface area contributed by atoms with E-state index in [0.717, 1.165) is 16.0 Å². The highest BCUT2D eigenvalue weighted by Crippen LogP contribution is 2.67.